The van der Waals surface area contributed by atoms with Crippen molar-refractivity contribution < 1.29 is 14.0 Å². The van der Waals surface area contributed by atoms with Gasteiger partial charge in [0.25, 0.3) is 5.91 Å². The summed E-state index contributed by atoms with van der Waals surface area (Å²) >= 11 is 1.21. The number of amides is 2. The smallest absolute Gasteiger partial charge is 0.263 e. The number of carbonyl (C=O) groups is 2. The molecule has 29 heavy (non-hydrogen) atoms. The van der Waals surface area contributed by atoms with E-state index in [1.54, 1.807) is 19.1 Å². The van der Waals surface area contributed by atoms with Crippen molar-refractivity contribution in [1.82, 2.24) is 15.6 Å². The van der Waals surface area contributed by atoms with Gasteiger partial charge in [-0.05, 0) is 37.1 Å². The average molecular weight is 412 g/mol. The monoisotopic (exact) mass is 411 g/mol. The molecule has 1 aromatic heterocycles. The van der Waals surface area contributed by atoms with Crippen LogP contribution in [0.4, 0.5) is 4.39 Å². The number of aromatic nitrogens is 1. The van der Waals surface area contributed by atoms with E-state index < -0.39 is 0 Å². The van der Waals surface area contributed by atoms with E-state index >= 15 is 0 Å². The molecule has 0 aliphatic heterocycles. The second kappa shape index (κ2) is 9.43. The fraction of sp³-hybridized carbons (Fsp3) is 0.227. The molecule has 0 aliphatic rings. The highest BCUT2D eigenvalue weighted by molar-refractivity contribution is 7.13. The molecule has 0 radical (unpaired) electrons. The first-order chi connectivity index (χ1) is 13.9. The lowest BCUT2D eigenvalue weighted by Gasteiger charge is -2.13. The van der Waals surface area contributed by atoms with E-state index in [-0.39, 0.29) is 30.1 Å². The normalized spacial score (nSPS) is 11.7. The van der Waals surface area contributed by atoms with Gasteiger partial charge < -0.3 is 10.6 Å². The molecule has 1 heterocycles. The van der Waals surface area contributed by atoms with Gasteiger partial charge in [0.15, 0.2) is 0 Å². The maximum Gasteiger partial charge on any atom is 0.263 e. The average Bonchev–Trinajstić information content (AvgIpc) is 3.07. The highest BCUT2D eigenvalue weighted by atomic mass is 32.1. The molecule has 0 saturated heterocycles. The molecule has 2 N–H and O–H groups in total. The van der Waals surface area contributed by atoms with Crippen LogP contribution in [0.15, 0.2) is 54.6 Å². The van der Waals surface area contributed by atoms with Crippen LogP contribution in [0.3, 0.4) is 0 Å². The molecule has 1 atom stereocenters. The van der Waals surface area contributed by atoms with Crippen molar-refractivity contribution in [3.8, 4) is 0 Å². The zero-order chi connectivity index (χ0) is 20.8. The number of thiazole rings is 1. The third-order valence-corrected chi connectivity index (χ3v) is 5.56. The number of nitrogens with zero attached hydrogens (tertiary/aromatic N) is 1. The van der Waals surface area contributed by atoms with Crippen LogP contribution in [0.5, 0.6) is 0 Å². The van der Waals surface area contributed by atoms with Crippen molar-refractivity contribution in [2.24, 2.45) is 0 Å². The van der Waals surface area contributed by atoms with E-state index in [9.17, 15) is 14.0 Å². The van der Waals surface area contributed by atoms with Crippen LogP contribution < -0.4 is 10.6 Å². The number of hydrogen-bond donors (Lipinski definition) is 2. The van der Waals surface area contributed by atoms with Crippen molar-refractivity contribution in [2.75, 3.05) is 0 Å². The molecule has 7 heteroatoms. The Kier molecular flexibility index (Phi) is 6.72. The van der Waals surface area contributed by atoms with Gasteiger partial charge in [-0.1, -0.05) is 42.5 Å². The van der Waals surface area contributed by atoms with Crippen molar-refractivity contribution in [1.29, 1.82) is 0 Å². The second-order valence-electron chi connectivity index (χ2n) is 6.71. The maximum atomic E-state index is 13.0. The van der Waals surface area contributed by atoms with E-state index in [0.717, 1.165) is 11.1 Å². The molecule has 0 saturated carbocycles. The highest BCUT2D eigenvalue weighted by Gasteiger charge is 2.18. The lowest BCUT2D eigenvalue weighted by Crippen LogP contribution is -2.28. The zero-order valence-electron chi connectivity index (χ0n) is 16.2. The summed E-state index contributed by atoms with van der Waals surface area (Å²) in [6, 6.07) is 15.6. The van der Waals surface area contributed by atoms with Crippen molar-refractivity contribution in [3.63, 3.8) is 0 Å². The third-order valence-electron chi connectivity index (χ3n) is 4.40. The molecule has 3 rings (SSSR count). The summed E-state index contributed by atoms with van der Waals surface area (Å²) in [5.74, 6) is -0.718. The number of rotatable bonds is 7. The minimum atomic E-state index is -0.317. The lowest BCUT2D eigenvalue weighted by molar-refractivity contribution is -0.121. The Morgan fingerprint density at radius 3 is 2.48 bits per heavy atom. The second-order valence-corrected chi connectivity index (χ2v) is 7.79. The molecule has 0 spiro atoms. The van der Waals surface area contributed by atoms with Crippen LogP contribution in [0.1, 0.15) is 44.5 Å². The Labute approximate surface area is 173 Å². The summed E-state index contributed by atoms with van der Waals surface area (Å²) in [6.45, 7) is 3.97. The van der Waals surface area contributed by atoms with E-state index in [1.165, 1.54) is 23.5 Å². The molecule has 0 unspecified atom stereocenters. The Balaban J connectivity index is 1.56. The molecule has 5 nitrogen and oxygen atoms in total. The highest BCUT2D eigenvalue weighted by Crippen LogP contribution is 2.19. The molecule has 2 aromatic carbocycles. The fourth-order valence-electron chi connectivity index (χ4n) is 2.86. The van der Waals surface area contributed by atoms with Gasteiger partial charge in [-0.2, -0.15) is 0 Å². The summed E-state index contributed by atoms with van der Waals surface area (Å²) < 4.78 is 13.0. The van der Waals surface area contributed by atoms with Gasteiger partial charge in [0, 0.05) is 6.54 Å². The van der Waals surface area contributed by atoms with Crippen LogP contribution in [-0.4, -0.2) is 16.8 Å². The van der Waals surface area contributed by atoms with E-state index in [0.29, 0.717) is 22.1 Å². The summed E-state index contributed by atoms with van der Waals surface area (Å²) in [4.78, 5) is 29.6. The maximum absolute atomic E-state index is 13.0. The SMILES string of the molecule is Cc1nc(CC(=O)N[C@@H](C)c2ccccc2)sc1C(=O)NCc1ccc(F)cc1. The lowest BCUT2D eigenvalue weighted by atomic mass is 10.1. The summed E-state index contributed by atoms with van der Waals surface area (Å²) in [7, 11) is 0. The molecular weight excluding hydrogens is 389 g/mol. The summed E-state index contributed by atoms with van der Waals surface area (Å²) in [5.41, 5.74) is 2.42. The van der Waals surface area contributed by atoms with Crippen LogP contribution in [0.2, 0.25) is 0 Å². The third kappa shape index (κ3) is 5.71. The van der Waals surface area contributed by atoms with Crippen LogP contribution >= 0.6 is 11.3 Å². The summed E-state index contributed by atoms with van der Waals surface area (Å²) in [6.07, 6.45) is 0.119. The van der Waals surface area contributed by atoms with E-state index in [2.05, 4.69) is 15.6 Å². The predicted octanol–water partition coefficient (Wildman–Crippen LogP) is 3.94. The Hall–Kier alpha value is -3.06. The number of halogens is 1. The van der Waals surface area contributed by atoms with Gasteiger partial charge in [0.1, 0.15) is 15.7 Å². The Bertz CT molecular complexity index is 987. The van der Waals surface area contributed by atoms with Gasteiger partial charge in [-0.3, -0.25) is 9.59 Å². The number of aryl methyl sites for hydroxylation is 1. The van der Waals surface area contributed by atoms with Gasteiger partial charge in [0.2, 0.25) is 5.91 Å². The largest absolute Gasteiger partial charge is 0.349 e. The van der Waals surface area contributed by atoms with Gasteiger partial charge in [-0.25, -0.2) is 9.37 Å². The quantitative estimate of drug-likeness (QED) is 0.619. The van der Waals surface area contributed by atoms with Crippen molar-refractivity contribution in [3.05, 3.63) is 87.1 Å². The molecule has 0 bridgehead atoms. The number of hydrogen-bond acceptors (Lipinski definition) is 4. The van der Waals surface area contributed by atoms with Crippen LogP contribution in [0, 0.1) is 12.7 Å². The number of nitrogens with one attached hydrogen (secondary N) is 2. The standard InChI is InChI=1S/C22H22FN3O2S/c1-14(17-6-4-3-5-7-17)25-19(27)12-20-26-15(2)21(29-20)22(28)24-13-16-8-10-18(23)11-9-16/h3-11,14H,12-13H2,1-2H3,(H,24,28)(H,25,27)/t14-/m0/s1. The minimum absolute atomic E-state index is 0.108. The predicted molar refractivity (Wildman–Crippen MR) is 111 cm³/mol. The molecular formula is C22H22FN3O2S. The van der Waals surface area contributed by atoms with Gasteiger partial charge in [0.05, 0.1) is 18.2 Å². The number of benzene rings is 2. The first-order valence-electron chi connectivity index (χ1n) is 9.25. The molecule has 0 fully saturated rings. The van der Waals surface area contributed by atoms with Gasteiger partial charge >= 0.3 is 0 Å². The first-order valence-corrected chi connectivity index (χ1v) is 10.1. The number of carbonyl (C=O) groups excluding carboxylic acids is 2. The van der Waals surface area contributed by atoms with Crippen LogP contribution in [-0.2, 0) is 17.8 Å². The minimum Gasteiger partial charge on any atom is -0.349 e. The molecule has 150 valence electrons. The molecule has 2 amide bonds. The van der Waals surface area contributed by atoms with E-state index in [1.807, 2.05) is 37.3 Å². The van der Waals surface area contributed by atoms with Gasteiger partial charge in [-0.15, -0.1) is 11.3 Å². The van der Waals surface area contributed by atoms with Crippen molar-refractivity contribution >= 4 is 23.2 Å². The summed E-state index contributed by atoms with van der Waals surface area (Å²) in [5, 5.41) is 6.34. The fourth-order valence-corrected chi connectivity index (χ4v) is 3.84. The zero-order valence-corrected chi connectivity index (χ0v) is 17.1. The Morgan fingerprint density at radius 1 is 1.10 bits per heavy atom. The topological polar surface area (TPSA) is 71.1 Å². The Morgan fingerprint density at radius 2 is 1.79 bits per heavy atom. The van der Waals surface area contributed by atoms with Crippen LogP contribution in [0.25, 0.3) is 0 Å². The van der Waals surface area contributed by atoms with E-state index in [4.69, 9.17) is 0 Å². The molecule has 3 aromatic rings. The molecule has 0 aliphatic carbocycles. The first kappa shape index (κ1) is 20.7. The van der Waals surface area contributed by atoms with Crippen molar-refractivity contribution in [2.45, 2.75) is 32.9 Å².